The summed E-state index contributed by atoms with van der Waals surface area (Å²) in [5.41, 5.74) is 4.88. The van der Waals surface area contributed by atoms with Crippen LogP contribution in [0.15, 0.2) is 48.5 Å². The van der Waals surface area contributed by atoms with Crippen molar-refractivity contribution in [2.24, 2.45) is 5.92 Å². The highest BCUT2D eigenvalue weighted by molar-refractivity contribution is 5.79. The zero-order valence-corrected chi connectivity index (χ0v) is 14.9. The van der Waals surface area contributed by atoms with Crippen molar-refractivity contribution in [3.8, 4) is 11.1 Å². The lowest BCUT2D eigenvalue weighted by atomic mass is 9.79. The van der Waals surface area contributed by atoms with E-state index in [2.05, 4.69) is 29.6 Å². The molecule has 1 atom stereocenters. The SMILES string of the molecule is O=C(NC(CCO)C1CCC1)OCC1c2ccccc2-c2ccccc21. The molecule has 136 valence electrons. The molecule has 1 fully saturated rings. The van der Waals surface area contributed by atoms with Gasteiger partial charge in [-0.1, -0.05) is 55.0 Å². The number of carbonyl (C=O) groups excluding carboxylic acids is 1. The molecule has 0 heterocycles. The zero-order chi connectivity index (χ0) is 17.9. The van der Waals surface area contributed by atoms with Crippen LogP contribution >= 0.6 is 0 Å². The number of aliphatic hydroxyl groups excluding tert-OH is 1. The normalized spacial score (nSPS) is 17.1. The Kier molecular flexibility index (Phi) is 4.93. The second-order valence-electron chi connectivity index (χ2n) is 7.28. The number of fused-ring (bicyclic) bond motifs is 3. The maximum absolute atomic E-state index is 12.3. The minimum Gasteiger partial charge on any atom is -0.449 e. The molecule has 4 nitrogen and oxygen atoms in total. The van der Waals surface area contributed by atoms with Gasteiger partial charge in [-0.3, -0.25) is 0 Å². The summed E-state index contributed by atoms with van der Waals surface area (Å²) in [4.78, 5) is 12.3. The number of rotatable bonds is 6. The van der Waals surface area contributed by atoms with Crippen LogP contribution in [0.2, 0.25) is 0 Å². The van der Waals surface area contributed by atoms with Crippen LogP contribution in [0.3, 0.4) is 0 Å². The van der Waals surface area contributed by atoms with Crippen LogP contribution in [0, 0.1) is 5.92 Å². The number of benzene rings is 2. The monoisotopic (exact) mass is 351 g/mol. The number of nitrogens with one attached hydrogen (secondary N) is 1. The van der Waals surface area contributed by atoms with Crippen molar-refractivity contribution >= 4 is 6.09 Å². The molecule has 0 aromatic heterocycles. The van der Waals surface area contributed by atoms with E-state index in [-0.39, 0.29) is 24.7 Å². The minimum atomic E-state index is -0.378. The van der Waals surface area contributed by atoms with Crippen LogP contribution < -0.4 is 5.32 Å². The predicted octanol–water partition coefficient (Wildman–Crippen LogP) is 4.08. The molecule has 0 aliphatic heterocycles. The lowest BCUT2D eigenvalue weighted by Gasteiger charge is -2.33. The number of aliphatic hydroxyl groups is 1. The van der Waals surface area contributed by atoms with Crippen molar-refractivity contribution in [3.63, 3.8) is 0 Å². The Morgan fingerprint density at radius 3 is 2.23 bits per heavy atom. The molecule has 4 rings (SSSR count). The van der Waals surface area contributed by atoms with E-state index in [0.717, 1.165) is 12.8 Å². The summed E-state index contributed by atoms with van der Waals surface area (Å²) in [6.07, 6.45) is 3.66. The van der Waals surface area contributed by atoms with Gasteiger partial charge in [-0.15, -0.1) is 0 Å². The largest absolute Gasteiger partial charge is 0.449 e. The third-order valence-corrected chi connectivity index (χ3v) is 5.81. The van der Waals surface area contributed by atoms with Crippen molar-refractivity contribution in [1.82, 2.24) is 5.32 Å². The molecule has 0 saturated heterocycles. The molecule has 0 bridgehead atoms. The van der Waals surface area contributed by atoms with E-state index in [1.54, 1.807) is 0 Å². The highest BCUT2D eigenvalue weighted by Crippen LogP contribution is 2.44. The predicted molar refractivity (Wildman–Crippen MR) is 101 cm³/mol. The van der Waals surface area contributed by atoms with Crippen LogP contribution in [0.25, 0.3) is 11.1 Å². The molecule has 2 aliphatic rings. The van der Waals surface area contributed by atoms with E-state index >= 15 is 0 Å². The number of hydrogen-bond donors (Lipinski definition) is 2. The maximum Gasteiger partial charge on any atom is 0.407 e. The zero-order valence-electron chi connectivity index (χ0n) is 14.9. The van der Waals surface area contributed by atoms with Crippen molar-refractivity contribution in [2.75, 3.05) is 13.2 Å². The van der Waals surface area contributed by atoms with Crippen LogP contribution in [-0.2, 0) is 4.74 Å². The van der Waals surface area contributed by atoms with Gasteiger partial charge in [0.1, 0.15) is 6.61 Å². The highest BCUT2D eigenvalue weighted by Gasteiger charge is 2.31. The number of carbonyl (C=O) groups is 1. The van der Waals surface area contributed by atoms with Crippen molar-refractivity contribution in [1.29, 1.82) is 0 Å². The number of amides is 1. The second-order valence-corrected chi connectivity index (χ2v) is 7.28. The van der Waals surface area contributed by atoms with Gasteiger partial charge in [0.15, 0.2) is 0 Å². The maximum atomic E-state index is 12.3. The quantitative estimate of drug-likeness (QED) is 0.824. The molecule has 2 aromatic carbocycles. The summed E-state index contributed by atoms with van der Waals surface area (Å²) >= 11 is 0. The third kappa shape index (κ3) is 3.21. The number of alkyl carbamates (subject to hydrolysis) is 1. The Hall–Kier alpha value is -2.33. The highest BCUT2D eigenvalue weighted by atomic mass is 16.5. The fraction of sp³-hybridized carbons (Fsp3) is 0.409. The summed E-state index contributed by atoms with van der Waals surface area (Å²) in [5, 5.41) is 12.2. The standard InChI is InChI=1S/C22H25NO3/c24-13-12-21(15-6-5-7-15)23-22(25)26-14-20-18-10-3-1-8-16(18)17-9-2-4-11-19(17)20/h1-4,8-11,15,20-21,24H,5-7,12-14H2,(H,23,25). The first kappa shape index (κ1) is 17.1. The topological polar surface area (TPSA) is 58.6 Å². The van der Waals surface area contributed by atoms with E-state index in [9.17, 15) is 9.90 Å². The van der Waals surface area contributed by atoms with Crippen LogP contribution in [0.1, 0.15) is 42.7 Å². The number of hydrogen-bond acceptors (Lipinski definition) is 3. The van der Waals surface area contributed by atoms with Gasteiger partial charge < -0.3 is 15.2 Å². The Labute approximate surface area is 154 Å². The molecule has 0 spiro atoms. The summed E-state index contributed by atoms with van der Waals surface area (Å²) in [7, 11) is 0. The van der Waals surface area contributed by atoms with Gasteiger partial charge in [-0.2, -0.15) is 0 Å². The second kappa shape index (κ2) is 7.50. The molecule has 4 heteroatoms. The molecule has 1 saturated carbocycles. The molecular formula is C22H25NO3. The summed E-state index contributed by atoms with van der Waals surface area (Å²) < 4.78 is 5.60. The Morgan fingerprint density at radius 2 is 1.69 bits per heavy atom. The average molecular weight is 351 g/mol. The van der Waals surface area contributed by atoms with Crippen molar-refractivity contribution in [3.05, 3.63) is 59.7 Å². The third-order valence-electron chi connectivity index (χ3n) is 5.81. The summed E-state index contributed by atoms with van der Waals surface area (Å²) in [6.45, 7) is 0.418. The van der Waals surface area contributed by atoms with E-state index in [4.69, 9.17) is 4.74 Å². The van der Waals surface area contributed by atoms with Gasteiger partial charge in [-0.05, 0) is 47.4 Å². The smallest absolute Gasteiger partial charge is 0.407 e. The Morgan fingerprint density at radius 1 is 1.08 bits per heavy atom. The average Bonchev–Trinajstić information content (AvgIpc) is 2.93. The van der Waals surface area contributed by atoms with E-state index < -0.39 is 0 Å². The van der Waals surface area contributed by atoms with Gasteiger partial charge in [0, 0.05) is 18.6 Å². The Balaban J connectivity index is 1.43. The van der Waals surface area contributed by atoms with E-state index in [1.165, 1.54) is 28.7 Å². The van der Waals surface area contributed by atoms with Crippen LogP contribution in [0.4, 0.5) is 4.79 Å². The van der Waals surface area contributed by atoms with Gasteiger partial charge in [-0.25, -0.2) is 4.79 Å². The first-order chi connectivity index (χ1) is 12.8. The van der Waals surface area contributed by atoms with Crippen LogP contribution in [0.5, 0.6) is 0 Å². The molecule has 2 aromatic rings. The van der Waals surface area contributed by atoms with Gasteiger partial charge in [0.25, 0.3) is 0 Å². The molecule has 0 radical (unpaired) electrons. The summed E-state index contributed by atoms with van der Waals surface area (Å²) in [6, 6.07) is 16.7. The molecule has 26 heavy (non-hydrogen) atoms. The van der Waals surface area contributed by atoms with Crippen molar-refractivity contribution < 1.29 is 14.6 Å². The van der Waals surface area contributed by atoms with E-state index in [0.29, 0.717) is 18.9 Å². The first-order valence-electron chi connectivity index (χ1n) is 9.50. The number of ether oxygens (including phenoxy) is 1. The summed E-state index contributed by atoms with van der Waals surface area (Å²) in [5.74, 6) is 0.552. The van der Waals surface area contributed by atoms with Crippen molar-refractivity contribution in [2.45, 2.75) is 37.6 Å². The Bertz CT molecular complexity index is 739. The fourth-order valence-corrected chi connectivity index (χ4v) is 4.20. The molecule has 1 amide bonds. The molecule has 2 aliphatic carbocycles. The lowest BCUT2D eigenvalue weighted by molar-refractivity contribution is 0.121. The van der Waals surface area contributed by atoms with Gasteiger partial charge >= 0.3 is 6.09 Å². The first-order valence-corrected chi connectivity index (χ1v) is 9.50. The fourth-order valence-electron chi connectivity index (χ4n) is 4.20. The molecule has 1 unspecified atom stereocenters. The van der Waals surface area contributed by atoms with E-state index in [1.807, 2.05) is 24.3 Å². The van der Waals surface area contributed by atoms with Crippen LogP contribution in [-0.4, -0.2) is 30.5 Å². The molecule has 2 N–H and O–H groups in total. The lowest BCUT2D eigenvalue weighted by Crippen LogP contribution is -2.43. The minimum absolute atomic E-state index is 0.0180. The molecular weight excluding hydrogens is 326 g/mol. The van der Waals surface area contributed by atoms with Gasteiger partial charge in [0.2, 0.25) is 0 Å². The van der Waals surface area contributed by atoms with Gasteiger partial charge in [0.05, 0.1) is 0 Å².